The second-order valence-electron chi connectivity index (χ2n) is 6.75. The summed E-state index contributed by atoms with van der Waals surface area (Å²) in [5.74, 6) is 7.90. The zero-order valence-corrected chi connectivity index (χ0v) is 15.5. The van der Waals surface area contributed by atoms with Gasteiger partial charge in [0.25, 0.3) is 0 Å². The summed E-state index contributed by atoms with van der Waals surface area (Å²) in [5.41, 5.74) is 4.20. The predicted octanol–water partition coefficient (Wildman–Crippen LogP) is 4.78. The molecule has 0 spiro atoms. The van der Waals surface area contributed by atoms with E-state index in [0.717, 1.165) is 28.1 Å². The fourth-order valence-electron chi connectivity index (χ4n) is 2.88. The number of hydrogen-bond donors (Lipinski definition) is 1. The molecule has 3 heteroatoms. The van der Waals surface area contributed by atoms with E-state index >= 15 is 0 Å². The van der Waals surface area contributed by atoms with Crippen LogP contribution in [0, 0.1) is 11.8 Å². The molecule has 0 saturated heterocycles. The van der Waals surface area contributed by atoms with Crippen molar-refractivity contribution >= 4 is 0 Å². The van der Waals surface area contributed by atoms with Gasteiger partial charge in [-0.15, -0.1) is 0 Å². The third-order valence-electron chi connectivity index (χ3n) is 4.36. The molecule has 1 aromatic heterocycles. The van der Waals surface area contributed by atoms with Crippen molar-refractivity contribution in [1.29, 1.82) is 0 Å². The quantitative estimate of drug-likeness (QED) is 0.692. The molecule has 3 rings (SSSR count). The van der Waals surface area contributed by atoms with Crippen LogP contribution in [-0.4, -0.2) is 14.7 Å². The maximum atomic E-state index is 9.60. The Morgan fingerprint density at radius 2 is 1.58 bits per heavy atom. The van der Waals surface area contributed by atoms with Gasteiger partial charge in [0.05, 0.1) is 12.6 Å². The number of benzene rings is 2. The minimum absolute atomic E-state index is 0.395. The molecule has 0 aliphatic carbocycles. The van der Waals surface area contributed by atoms with Crippen LogP contribution in [0.1, 0.15) is 49.7 Å². The van der Waals surface area contributed by atoms with E-state index in [9.17, 15) is 5.11 Å². The molecule has 0 radical (unpaired) electrons. The van der Waals surface area contributed by atoms with Crippen molar-refractivity contribution < 1.29 is 5.11 Å². The molecule has 3 aromatic rings. The summed E-state index contributed by atoms with van der Waals surface area (Å²) in [4.78, 5) is 4.38. The van der Waals surface area contributed by atoms with Gasteiger partial charge < -0.3 is 9.67 Å². The molecule has 1 heterocycles. The average molecular weight is 344 g/mol. The molecule has 1 atom stereocenters. The van der Waals surface area contributed by atoms with Crippen LogP contribution in [-0.2, 0) is 6.54 Å². The summed E-state index contributed by atoms with van der Waals surface area (Å²) < 4.78 is 2.09. The van der Waals surface area contributed by atoms with E-state index in [1.54, 1.807) is 6.92 Å². The predicted molar refractivity (Wildman–Crippen MR) is 106 cm³/mol. The normalized spacial score (nSPS) is 11.9. The van der Waals surface area contributed by atoms with Crippen molar-refractivity contribution in [2.45, 2.75) is 39.3 Å². The van der Waals surface area contributed by atoms with Crippen molar-refractivity contribution in [3.05, 3.63) is 77.9 Å². The van der Waals surface area contributed by atoms with Crippen LogP contribution in [0.3, 0.4) is 0 Å². The minimum atomic E-state index is -0.437. The molecule has 0 aliphatic rings. The summed E-state index contributed by atoms with van der Waals surface area (Å²) >= 11 is 0. The Morgan fingerprint density at radius 1 is 0.962 bits per heavy atom. The van der Waals surface area contributed by atoms with E-state index in [0.29, 0.717) is 12.5 Å². The monoisotopic (exact) mass is 344 g/mol. The first kappa shape index (κ1) is 18.0. The number of imidazole rings is 1. The number of aliphatic hydroxyl groups is 1. The first-order valence-electron chi connectivity index (χ1n) is 8.93. The van der Waals surface area contributed by atoms with Crippen LogP contribution >= 0.6 is 0 Å². The summed E-state index contributed by atoms with van der Waals surface area (Å²) in [6.45, 7) is 6.70. The van der Waals surface area contributed by atoms with Gasteiger partial charge in [-0.3, -0.25) is 0 Å². The fourth-order valence-corrected chi connectivity index (χ4v) is 2.88. The third-order valence-corrected chi connectivity index (χ3v) is 4.36. The highest BCUT2D eigenvalue weighted by Crippen LogP contribution is 2.22. The number of nitrogens with zero attached hydrogens (tertiary/aromatic N) is 2. The van der Waals surface area contributed by atoms with Crippen molar-refractivity contribution in [3.8, 4) is 23.0 Å². The Morgan fingerprint density at radius 3 is 2.15 bits per heavy atom. The maximum absolute atomic E-state index is 9.60. The van der Waals surface area contributed by atoms with Crippen LogP contribution in [0.15, 0.2) is 60.9 Å². The maximum Gasteiger partial charge on any atom is 0.112 e. The zero-order valence-electron chi connectivity index (χ0n) is 15.5. The van der Waals surface area contributed by atoms with Crippen LogP contribution in [0.25, 0.3) is 11.1 Å². The Balaban J connectivity index is 1.69. The van der Waals surface area contributed by atoms with Crippen molar-refractivity contribution in [3.63, 3.8) is 0 Å². The van der Waals surface area contributed by atoms with Crippen LogP contribution in [0.4, 0.5) is 0 Å². The number of hydrogen-bond acceptors (Lipinski definition) is 2. The SMILES string of the molecule is CC(C)c1nccn1CC#Cc1ccc(-c2ccc([C@H](C)O)cc2)cc1. The van der Waals surface area contributed by atoms with E-state index in [2.05, 4.69) is 47.4 Å². The highest BCUT2D eigenvalue weighted by molar-refractivity contribution is 5.64. The molecule has 1 N–H and O–H groups in total. The fraction of sp³-hybridized carbons (Fsp3) is 0.261. The lowest BCUT2D eigenvalue weighted by molar-refractivity contribution is 0.199. The van der Waals surface area contributed by atoms with Gasteiger partial charge in [-0.1, -0.05) is 62.1 Å². The van der Waals surface area contributed by atoms with E-state index in [4.69, 9.17) is 0 Å². The number of aromatic nitrogens is 2. The molecule has 3 nitrogen and oxygen atoms in total. The highest BCUT2D eigenvalue weighted by atomic mass is 16.3. The van der Waals surface area contributed by atoms with E-state index in [-0.39, 0.29) is 0 Å². The van der Waals surface area contributed by atoms with Gasteiger partial charge in [0.2, 0.25) is 0 Å². The van der Waals surface area contributed by atoms with Gasteiger partial charge in [0.1, 0.15) is 5.82 Å². The molecule has 0 amide bonds. The van der Waals surface area contributed by atoms with E-state index in [1.165, 1.54) is 0 Å². The molecular weight excluding hydrogens is 320 g/mol. The number of aliphatic hydroxyl groups excluding tert-OH is 1. The van der Waals surface area contributed by atoms with Crippen molar-refractivity contribution in [2.24, 2.45) is 0 Å². The van der Waals surface area contributed by atoms with Gasteiger partial charge in [-0.2, -0.15) is 0 Å². The lowest BCUT2D eigenvalue weighted by Gasteiger charge is -2.07. The second-order valence-corrected chi connectivity index (χ2v) is 6.75. The molecule has 0 saturated carbocycles. The van der Waals surface area contributed by atoms with Gasteiger partial charge >= 0.3 is 0 Å². The van der Waals surface area contributed by atoms with Crippen molar-refractivity contribution in [1.82, 2.24) is 9.55 Å². The summed E-state index contributed by atoms with van der Waals surface area (Å²) in [6, 6.07) is 16.3. The molecule has 26 heavy (non-hydrogen) atoms. The van der Waals surface area contributed by atoms with Gasteiger partial charge in [0, 0.05) is 23.9 Å². The van der Waals surface area contributed by atoms with Crippen LogP contribution in [0.5, 0.6) is 0 Å². The smallest absolute Gasteiger partial charge is 0.112 e. The first-order valence-corrected chi connectivity index (χ1v) is 8.93. The first-order chi connectivity index (χ1) is 12.5. The second kappa shape index (κ2) is 8.03. The summed E-state index contributed by atoms with van der Waals surface area (Å²) in [6.07, 6.45) is 3.37. The Bertz CT molecular complexity index is 907. The topological polar surface area (TPSA) is 38.0 Å². The largest absolute Gasteiger partial charge is 0.389 e. The zero-order chi connectivity index (χ0) is 18.5. The molecule has 0 fully saturated rings. The van der Waals surface area contributed by atoms with E-state index < -0.39 is 6.10 Å². The summed E-state index contributed by atoms with van der Waals surface area (Å²) in [7, 11) is 0. The van der Waals surface area contributed by atoms with Gasteiger partial charge in [-0.25, -0.2) is 4.98 Å². The Kier molecular flexibility index (Phi) is 5.55. The molecular formula is C23H24N2O. The highest BCUT2D eigenvalue weighted by Gasteiger charge is 2.05. The van der Waals surface area contributed by atoms with Gasteiger partial charge in [-0.05, 0) is 35.7 Å². The van der Waals surface area contributed by atoms with Gasteiger partial charge in [0.15, 0.2) is 0 Å². The van der Waals surface area contributed by atoms with E-state index in [1.807, 2.05) is 48.8 Å². The Labute approximate surface area is 155 Å². The molecule has 0 aliphatic heterocycles. The van der Waals surface area contributed by atoms with Crippen LogP contribution < -0.4 is 0 Å². The molecule has 0 unspecified atom stereocenters. The lowest BCUT2D eigenvalue weighted by atomic mass is 10.0. The molecule has 0 bridgehead atoms. The average Bonchev–Trinajstić information content (AvgIpc) is 3.11. The van der Waals surface area contributed by atoms with Crippen molar-refractivity contribution in [2.75, 3.05) is 0 Å². The molecule has 132 valence electrons. The third kappa shape index (κ3) is 4.22. The van der Waals surface area contributed by atoms with Crippen LogP contribution in [0.2, 0.25) is 0 Å². The minimum Gasteiger partial charge on any atom is -0.389 e. The Hall–Kier alpha value is -2.83. The molecule has 2 aromatic carbocycles. The number of rotatable bonds is 4. The standard InChI is InChI=1S/C23H24N2O/c1-17(2)23-24-14-16-25(23)15-4-5-19-6-8-21(9-7-19)22-12-10-20(11-13-22)18(3)26/h6-14,16-18,26H,15H2,1-3H3/t18-/m0/s1. The summed E-state index contributed by atoms with van der Waals surface area (Å²) in [5, 5.41) is 9.60. The lowest BCUT2D eigenvalue weighted by Crippen LogP contribution is -2.03.